The Morgan fingerprint density at radius 2 is 2.05 bits per heavy atom. The number of benzene rings is 1. The van der Waals surface area contributed by atoms with E-state index in [0.29, 0.717) is 12.8 Å². The van der Waals surface area contributed by atoms with Gasteiger partial charge in [0.05, 0.1) is 11.2 Å². The van der Waals surface area contributed by atoms with E-state index in [2.05, 4.69) is 5.32 Å². The number of thioether (sulfide) groups is 1. The molecule has 21 heavy (non-hydrogen) atoms. The largest absolute Gasteiger partial charge is 0.481 e. The zero-order valence-corrected chi connectivity index (χ0v) is 12.9. The highest BCUT2D eigenvalue weighted by molar-refractivity contribution is 8.00. The van der Waals surface area contributed by atoms with Crippen LogP contribution in [0.15, 0.2) is 35.2 Å². The molecule has 3 atom stereocenters. The van der Waals surface area contributed by atoms with Gasteiger partial charge in [0.15, 0.2) is 0 Å². The summed E-state index contributed by atoms with van der Waals surface area (Å²) in [5.41, 5.74) is 0. The van der Waals surface area contributed by atoms with E-state index in [1.54, 1.807) is 11.8 Å². The SMILES string of the molecule is CCC(Sc1ccccc1)C(=O)N[C@@H]1CC[C@H](C(=O)O)C1. The molecule has 1 unspecified atom stereocenters. The molecule has 5 heteroatoms. The molecule has 1 aliphatic carbocycles. The first-order chi connectivity index (χ1) is 10.1. The number of hydrogen-bond acceptors (Lipinski definition) is 3. The van der Waals surface area contributed by atoms with Crippen molar-refractivity contribution in [1.29, 1.82) is 0 Å². The van der Waals surface area contributed by atoms with Gasteiger partial charge in [-0.2, -0.15) is 0 Å². The van der Waals surface area contributed by atoms with Crippen molar-refractivity contribution in [3.05, 3.63) is 30.3 Å². The number of aliphatic carboxylic acids is 1. The van der Waals surface area contributed by atoms with E-state index in [1.165, 1.54) is 0 Å². The zero-order valence-electron chi connectivity index (χ0n) is 12.1. The lowest BCUT2D eigenvalue weighted by Gasteiger charge is -2.18. The van der Waals surface area contributed by atoms with Crippen LogP contribution in [0.25, 0.3) is 0 Å². The summed E-state index contributed by atoms with van der Waals surface area (Å²) in [6.45, 7) is 1.99. The van der Waals surface area contributed by atoms with E-state index in [0.717, 1.165) is 17.7 Å². The van der Waals surface area contributed by atoms with E-state index in [9.17, 15) is 9.59 Å². The second kappa shape index (κ2) is 7.50. The molecule has 1 fully saturated rings. The fraction of sp³-hybridized carbons (Fsp3) is 0.500. The molecule has 0 saturated heterocycles. The summed E-state index contributed by atoms with van der Waals surface area (Å²) in [4.78, 5) is 24.4. The van der Waals surface area contributed by atoms with Crippen LogP contribution in [0.3, 0.4) is 0 Å². The maximum atomic E-state index is 12.3. The summed E-state index contributed by atoms with van der Waals surface area (Å²) in [7, 11) is 0. The minimum Gasteiger partial charge on any atom is -0.481 e. The normalized spacial score (nSPS) is 22.7. The summed E-state index contributed by atoms with van der Waals surface area (Å²) < 4.78 is 0. The molecule has 0 spiro atoms. The quantitative estimate of drug-likeness (QED) is 0.793. The number of carboxylic acid groups (broad SMARTS) is 1. The Morgan fingerprint density at radius 3 is 2.62 bits per heavy atom. The minimum absolute atomic E-state index is 0.00373. The van der Waals surface area contributed by atoms with Gasteiger partial charge in [-0.1, -0.05) is 25.1 Å². The Labute approximate surface area is 129 Å². The molecule has 114 valence electrons. The van der Waals surface area contributed by atoms with Crippen molar-refractivity contribution in [3.63, 3.8) is 0 Å². The van der Waals surface area contributed by atoms with Crippen molar-refractivity contribution in [2.45, 2.75) is 48.8 Å². The first-order valence-corrected chi connectivity index (χ1v) is 8.23. The summed E-state index contributed by atoms with van der Waals surface area (Å²) >= 11 is 1.56. The summed E-state index contributed by atoms with van der Waals surface area (Å²) in [5.74, 6) is -1.04. The van der Waals surface area contributed by atoms with Gasteiger partial charge in [-0.05, 0) is 37.8 Å². The van der Waals surface area contributed by atoms with Crippen molar-refractivity contribution in [2.24, 2.45) is 5.92 Å². The van der Waals surface area contributed by atoms with Gasteiger partial charge in [0.2, 0.25) is 5.91 Å². The first-order valence-electron chi connectivity index (χ1n) is 7.35. The number of carboxylic acids is 1. The second-order valence-electron chi connectivity index (χ2n) is 5.38. The van der Waals surface area contributed by atoms with Crippen molar-refractivity contribution >= 4 is 23.6 Å². The molecule has 1 aromatic rings. The summed E-state index contributed by atoms with van der Waals surface area (Å²) in [6.07, 6.45) is 2.71. The molecule has 0 aliphatic heterocycles. The summed E-state index contributed by atoms with van der Waals surface area (Å²) in [6, 6.07) is 9.87. The number of rotatable bonds is 6. The fourth-order valence-corrected chi connectivity index (χ4v) is 3.60. The molecule has 0 radical (unpaired) electrons. The van der Waals surface area contributed by atoms with Crippen LogP contribution in [-0.2, 0) is 9.59 Å². The smallest absolute Gasteiger partial charge is 0.306 e. The number of amides is 1. The highest BCUT2D eigenvalue weighted by atomic mass is 32.2. The molecule has 1 saturated carbocycles. The Bertz CT molecular complexity index is 492. The van der Waals surface area contributed by atoms with E-state index >= 15 is 0 Å². The standard InChI is InChI=1S/C16H21NO3S/c1-2-14(21-13-6-4-3-5-7-13)15(18)17-12-9-8-11(10-12)16(19)20/h3-7,11-12,14H,2,8-10H2,1H3,(H,17,18)(H,19,20)/t11-,12+,14?/m0/s1. The molecule has 1 amide bonds. The van der Waals surface area contributed by atoms with Gasteiger partial charge < -0.3 is 10.4 Å². The van der Waals surface area contributed by atoms with E-state index in [1.807, 2.05) is 37.3 Å². The summed E-state index contributed by atoms with van der Waals surface area (Å²) in [5, 5.41) is 11.9. The average Bonchev–Trinajstić information content (AvgIpc) is 2.94. The van der Waals surface area contributed by atoms with Crippen LogP contribution >= 0.6 is 11.8 Å². The van der Waals surface area contributed by atoms with Gasteiger partial charge in [0.25, 0.3) is 0 Å². The third-order valence-electron chi connectivity index (χ3n) is 3.81. The maximum Gasteiger partial charge on any atom is 0.306 e. The van der Waals surface area contributed by atoms with Crippen LogP contribution in [0.5, 0.6) is 0 Å². The van der Waals surface area contributed by atoms with Crippen LogP contribution in [0.4, 0.5) is 0 Å². The lowest BCUT2D eigenvalue weighted by Crippen LogP contribution is -2.39. The Balaban J connectivity index is 1.88. The Kier molecular flexibility index (Phi) is 5.67. The van der Waals surface area contributed by atoms with E-state index < -0.39 is 5.97 Å². The molecule has 2 rings (SSSR count). The molecule has 4 nitrogen and oxygen atoms in total. The third kappa shape index (κ3) is 4.49. The minimum atomic E-state index is -0.752. The molecule has 0 bridgehead atoms. The Morgan fingerprint density at radius 1 is 1.33 bits per heavy atom. The molecule has 2 N–H and O–H groups in total. The van der Waals surface area contributed by atoms with Gasteiger partial charge in [-0.25, -0.2) is 0 Å². The second-order valence-corrected chi connectivity index (χ2v) is 6.66. The van der Waals surface area contributed by atoms with Crippen LogP contribution < -0.4 is 5.32 Å². The van der Waals surface area contributed by atoms with Crippen molar-refractivity contribution in [2.75, 3.05) is 0 Å². The lowest BCUT2D eigenvalue weighted by molar-refractivity contribution is -0.141. The predicted molar refractivity (Wildman–Crippen MR) is 83.3 cm³/mol. The van der Waals surface area contributed by atoms with E-state index in [4.69, 9.17) is 5.11 Å². The molecule has 0 aromatic heterocycles. The van der Waals surface area contributed by atoms with Crippen molar-refractivity contribution in [1.82, 2.24) is 5.32 Å². The van der Waals surface area contributed by atoms with Gasteiger partial charge in [-0.15, -0.1) is 11.8 Å². The number of hydrogen-bond donors (Lipinski definition) is 2. The van der Waals surface area contributed by atoms with Crippen LogP contribution in [0.2, 0.25) is 0 Å². The highest BCUT2D eigenvalue weighted by Crippen LogP contribution is 2.28. The van der Waals surface area contributed by atoms with Gasteiger partial charge in [0, 0.05) is 10.9 Å². The monoisotopic (exact) mass is 307 g/mol. The van der Waals surface area contributed by atoms with Crippen LogP contribution in [0.1, 0.15) is 32.6 Å². The third-order valence-corrected chi connectivity index (χ3v) is 5.19. The first kappa shape index (κ1) is 15.9. The predicted octanol–water partition coefficient (Wildman–Crippen LogP) is 2.93. The van der Waals surface area contributed by atoms with Gasteiger partial charge in [0.1, 0.15) is 0 Å². The number of nitrogens with one attached hydrogen (secondary N) is 1. The van der Waals surface area contributed by atoms with Crippen LogP contribution in [0, 0.1) is 5.92 Å². The fourth-order valence-electron chi connectivity index (χ4n) is 2.62. The molecule has 0 heterocycles. The molecule has 1 aromatic carbocycles. The van der Waals surface area contributed by atoms with Gasteiger partial charge >= 0.3 is 5.97 Å². The van der Waals surface area contributed by atoms with E-state index in [-0.39, 0.29) is 23.1 Å². The average molecular weight is 307 g/mol. The lowest BCUT2D eigenvalue weighted by atomic mass is 10.1. The topological polar surface area (TPSA) is 66.4 Å². The number of carbonyl (C=O) groups is 2. The highest BCUT2D eigenvalue weighted by Gasteiger charge is 2.31. The Hall–Kier alpha value is -1.49. The van der Waals surface area contributed by atoms with Crippen molar-refractivity contribution < 1.29 is 14.7 Å². The van der Waals surface area contributed by atoms with Crippen LogP contribution in [-0.4, -0.2) is 28.3 Å². The molecule has 1 aliphatic rings. The van der Waals surface area contributed by atoms with Gasteiger partial charge in [-0.3, -0.25) is 9.59 Å². The zero-order chi connectivity index (χ0) is 15.2. The molecular formula is C16H21NO3S. The van der Waals surface area contributed by atoms with Crippen molar-refractivity contribution in [3.8, 4) is 0 Å². The maximum absolute atomic E-state index is 12.3. The molecular weight excluding hydrogens is 286 g/mol. The number of carbonyl (C=O) groups excluding carboxylic acids is 1.